The zero-order valence-electron chi connectivity index (χ0n) is 16.3. The maximum Gasteiger partial charge on any atom is 0.338 e. The van der Waals surface area contributed by atoms with Crippen molar-refractivity contribution < 1.29 is 19.3 Å². The molecule has 3 rings (SSSR count). The van der Waals surface area contributed by atoms with Crippen molar-refractivity contribution >= 4 is 27.5 Å². The van der Waals surface area contributed by atoms with E-state index in [1.54, 1.807) is 13.8 Å². The van der Waals surface area contributed by atoms with Crippen molar-refractivity contribution in [1.29, 1.82) is 0 Å². The Bertz CT molecular complexity index is 1050. The van der Waals surface area contributed by atoms with Gasteiger partial charge in [-0.05, 0) is 65.9 Å². The minimum Gasteiger partial charge on any atom is -0.423 e. The van der Waals surface area contributed by atoms with Gasteiger partial charge in [-0.2, -0.15) is 4.89 Å². The fraction of sp³-hybridized carbons (Fsp3) is 0.208. The van der Waals surface area contributed by atoms with Crippen LogP contribution in [0.25, 0.3) is 21.5 Å². The lowest BCUT2D eigenvalue weighted by Crippen LogP contribution is -2.07. The summed E-state index contributed by atoms with van der Waals surface area (Å²) in [6.45, 7) is 11.1. The second-order valence-corrected chi connectivity index (χ2v) is 6.88. The number of fused-ring (bicyclic) bond motifs is 3. The molecule has 4 heteroatoms. The minimum absolute atomic E-state index is 0.378. The van der Waals surface area contributed by atoms with Crippen LogP contribution in [0.3, 0.4) is 0 Å². The Morgan fingerprint density at radius 3 is 2.29 bits per heavy atom. The highest BCUT2D eigenvalue weighted by Gasteiger charge is 2.08. The van der Waals surface area contributed by atoms with Gasteiger partial charge in [0.2, 0.25) is 0 Å². The molecule has 0 saturated carbocycles. The molecule has 0 radical (unpaired) electrons. The van der Waals surface area contributed by atoms with Gasteiger partial charge in [0.25, 0.3) is 0 Å². The summed E-state index contributed by atoms with van der Waals surface area (Å²) in [6, 6.07) is 16.3. The van der Waals surface area contributed by atoms with Gasteiger partial charge < -0.3 is 9.62 Å². The lowest BCUT2D eigenvalue weighted by molar-refractivity contribution is -0.261. The van der Waals surface area contributed by atoms with E-state index in [4.69, 9.17) is 14.5 Å². The van der Waals surface area contributed by atoms with E-state index < -0.39 is 5.97 Å². The molecule has 4 nitrogen and oxygen atoms in total. The molecule has 0 fully saturated rings. The average molecular weight is 376 g/mol. The van der Waals surface area contributed by atoms with Gasteiger partial charge in [0.05, 0.1) is 6.61 Å². The van der Waals surface area contributed by atoms with Crippen LogP contribution in [-0.4, -0.2) is 12.6 Å². The van der Waals surface area contributed by atoms with Crippen molar-refractivity contribution in [3.8, 4) is 5.75 Å². The van der Waals surface area contributed by atoms with E-state index in [9.17, 15) is 4.79 Å². The van der Waals surface area contributed by atoms with Crippen LogP contribution in [0.5, 0.6) is 5.75 Å². The van der Waals surface area contributed by atoms with Crippen LogP contribution in [-0.2, 0) is 21.0 Å². The first-order chi connectivity index (χ1) is 13.4. The lowest BCUT2D eigenvalue weighted by atomic mass is 9.98. The first kappa shape index (κ1) is 19.6. The van der Waals surface area contributed by atoms with Crippen molar-refractivity contribution in [2.45, 2.75) is 26.7 Å². The second-order valence-electron chi connectivity index (χ2n) is 6.88. The van der Waals surface area contributed by atoms with Crippen molar-refractivity contribution in [3.63, 3.8) is 0 Å². The zero-order valence-corrected chi connectivity index (χ0v) is 16.3. The fourth-order valence-corrected chi connectivity index (χ4v) is 2.99. The lowest BCUT2D eigenvalue weighted by Gasteiger charge is -2.09. The summed E-state index contributed by atoms with van der Waals surface area (Å²) in [6.07, 6.45) is 1.77. The van der Waals surface area contributed by atoms with Gasteiger partial charge in [0.15, 0.2) is 0 Å². The van der Waals surface area contributed by atoms with E-state index >= 15 is 0 Å². The van der Waals surface area contributed by atoms with Crippen LogP contribution in [0.1, 0.15) is 25.8 Å². The molecule has 144 valence electrons. The molecule has 0 aliphatic heterocycles. The normalized spacial score (nSPS) is 10.8. The molecule has 0 amide bonds. The van der Waals surface area contributed by atoms with Crippen molar-refractivity contribution in [1.82, 2.24) is 0 Å². The molecule has 3 aromatic rings. The Labute approximate surface area is 164 Å². The summed E-state index contributed by atoms with van der Waals surface area (Å²) in [4.78, 5) is 21.7. The third-order valence-corrected chi connectivity index (χ3v) is 4.32. The maximum absolute atomic E-state index is 11.7. The Kier molecular flexibility index (Phi) is 6.12. The standard InChI is InChI=1S/C24H24O4/c1-16(2)24(25)27-21-10-12-23-20(15-21)9-8-19-14-18(7-11-22(19)23)6-5-13-26-28-17(3)4/h7-12,14-15H,1,3,5-6,13H2,2,4H3. The number of aryl methyl sites for hydroxylation is 1. The Morgan fingerprint density at radius 1 is 0.929 bits per heavy atom. The number of carbonyl (C=O) groups is 1. The first-order valence-electron chi connectivity index (χ1n) is 9.22. The molecule has 0 saturated heterocycles. The Balaban J connectivity index is 1.76. The summed E-state index contributed by atoms with van der Waals surface area (Å²) in [5, 5.41) is 4.49. The molecule has 0 unspecified atom stereocenters. The van der Waals surface area contributed by atoms with E-state index in [-0.39, 0.29) is 0 Å². The summed E-state index contributed by atoms with van der Waals surface area (Å²) in [5.74, 6) is 0.658. The number of rotatable bonds is 8. The molecule has 0 spiro atoms. The molecule has 0 atom stereocenters. The van der Waals surface area contributed by atoms with Crippen molar-refractivity contribution in [3.05, 3.63) is 78.6 Å². The van der Waals surface area contributed by atoms with Crippen molar-refractivity contribution in [2.24, 2.45) is 0 Å². The molecule has 0 N–H and O–H groups in total. The average Bonchev–Trinajstić information content (AvgIpc) is 2.66. The molecule has 0 aromatic heterocycles. The molecule has 0 bridgehead atoms. The van der Waals surface area contributed by atoms with Crippen LogP contribution in [0, 0.1) is 0 Å². The number of hydrogen-bond donors (Lipinski definition) is 0. The van der Waals surface area contributed by atoms with Crippen LogP contribution < -0.4 is 4.74 Å². The fourth-order valence-electron chi connectivity index (χ4n) is 2.99. The largest absolute Gasteiger partial charge is 0.423 e. The van der Waals surface area contributed by atoms with Crippen LogP contribution in [0.2, 0.25) is 0 Å². The predicted molar refractivity (Wildman–Crippen MR) is 112 cm³/mol. The number of carbonyl (C=O) groups excluding carboxylic acids is 1. The molecule has 0 heterocycles. The number of hydrogen-bond acceptors (Lipinski definition) is 4. The first-order valence-corrected chi connectivity index (χ1v) is 9.22. The van der Waals surface area contributed by atoms with Crippen LogP contribution in [0.15, 0.2) is 73.0 Å². The quantitative estimate of drug-likeness (QED) is 0.0719. The van der Waals surface area contributed by atoms with E-state index in [0.29, 0.717) is 23.7 Å². The SMILES string of the molecule is C=C(C)OOCCCc1ccc2c(ccc3cc(OC(=O)C(=C)C)ccc32)c1. The Hall–Kier alpha value is -3.11. The summed E-state index contributed by atoms with van der Waals surface area (Å²) in [5.41, 5.74) is 1.63. The van der Waals surface area contributed by atoms with E-state index in [2.05, 4.69) is 37.4 Å². The number of esters is 1. The van der Waals surface area contributed by atoms with Crippen molar-refractivity contribution in [2.75, 3.05) is 6.61 Å². The summed E-state index contributed by atoms with van der Waals surface area (Å²) < 4.78 is 5.33. The highest BCUT2D eigenvalue weighted by molar-refractivity contribution is 6.08. The molecule has 28 heavy (non-hydrogen) atoms. The van der Waals surface area contributed by atoms with Gasteiger partial charge in [0, 0.05) is 5.57 Å². The third kappa shape index (κ3) is 4.78. The van der Waals surface area contributed by atoms with E-state index in [1.807, 2.05) is 24.3 Å². The molecule has 0 aliphatic rings. The molecular formula is C24H24O4. The van der Waals surface area contributed by atoms with E-state index in [1.165, 1.54) is 16.3 Å². The van der Waals surface area contributed by atoms with Gasteiger partial charge in [-0.15, -0.1) is 0 Å². The van der Waals surface area contributed by atoms with Crippen LogP contribution in [0.4, 0.5) is 0 Å². The molecular weight excluding hydrogens is 352 g/mol. The van der Waals surface area contributed by atoms with Gasteiger partial charge in [-0.1, -0.05) is 49.6 Å². The third-order valence-electron chi connectivity index (χ3n) is 4.32. The number of allylic oxidation sites excluding steroid dienone is 1. The van der Waals surface area contributed by atoms with Gasteiger partial charge in [0.1, 0.15) is 11.5 Å². The highest BCUT2D eigenvalue weighted by atomic mass is 17.2. The maximum atomic E-state index is 11.7. The molecule has 0 aliphatic carbocycles. The summed E-state index contributed by atoms with van der Waals surface area (Å²) >= 11 is 0. The second kappa shape index (κ2) is 8.72. The van der Waals surface area contributed by atoms with Gasteiger partial charge >= 0.3 is 5.97 Å². The smallest absolute Gasteiger partial charge is 0.338 e. The monoisotopic (exact) mass is 376 g/mol. The van der Waals surface area contributed by atoms with Crippen LogP contribution >= 0.6 is 0 Å². The predicted octanol–water partition coefficient (Wildman–Crippen LogP) is 5.89. The Morgan fingerprint density at radius 2 is 1.61 bits per heavy atom. The van der Waals surface area contributed by atoms with Gasteiger partial charge in [-0.25, -0.2) is 4.79 Å². The number of benzene rings is 3. The molecule has 3 aromatic carbocycles. The van der Waals surface area contributed by atoms with Gasteiger partial charge in [-0.3, -0.25) is 0 Å². The minimum atomic E-state index is -0.414. The van der Waals surface area contributed by atoms with E-state index in [0.717, 1.165) is 23.6 Å². The summed E-state index contributed by atoms with van der Waals surface area (Å²) in [7, 11) is 0. The highest BCUT2D eigenvalue weighted by Crippen LogP contribution is 2.29. The number of ether oxygens (including phenoxy) is 1. The topological polar surface area (TPSA) is 44.8 Å². The zero-order chi connectivity index (χ0) is 20.1.